The molecule has 0 radical (unpaired) electrons. The molecule has 2 rings (SSSR count). The van der Waals surface area contributed by atoms with Gasteiger partial charge in [-0.2, -0.15) is 0 Å². The zero-order chi connectivity index (χ0) is 14.4. The van der Waals surface area contributed by atoms with Crippen LogP contribution in [0, 0.1) is 5.92 Å². The molecule has 3 nitrogen and oxygen atoms in total. The first-order valence-electron chi connectivity index (χ1n) is 7.72. The molecule has 0 aliphatic carbocycles. The van der Waals surface area contributed by atoms with Crippen LogP contribution < -0.4 is 0 Å². The number of rotatable bonds is 6. The second kappa shape index (κ2) is 7.77. The standard InChI is InChI=1S/C17H27NO2/c1-3-16(17(19)15-7-5-4-6-8-15)18-11-9-14(10-12-18)13-20-2/h4-8,14,16-17,19H,3,9-13H2,1-2H3. The highest BCUT2D eigenvalue weighted by Crippen LogP contribution is 2.27. The molecule has 0 amide bonds. The van der Waals surface area contributed by atoms with Crippen LogP contribution in [-0.4, -0.2) is 42.9 Å². The van der Waals surface area contributed by atoms with Crippen LogP contribution in [0.25, 0.3) is 0 Å². The Morgan fingerprint density at radius 3 is 2.45 bits per heavy atom. The number of methoxy groups -OCH3 is 1. The van der Waals surface area contributed by atoms with Crippen molar-refractivity contribution in [2.24, 2.45) is 5.92 Å². The van der Waals surface area contributed by atoms with Crippen LogP contribution in [0.2, 0.25) is 0 Å². The van der Waals surface area contributed by atoms with Gasteiger partial charge in [0.05, 0.1) is 6.10 Å². The van der Waals surface area contributed by atoms with Gasteiger partial charge in [0, 0.05) is 19.8 Å². The highest BCUT2D eigenvalue weighted by molar-refractivity contribution is 5.19. The molecule has 0 aromatic heterocycles. The van der Waals surface area contributed by atoms with Crippen molar-refractivity contribution in [2.75, 3.05) is 26.8 Å². The van der Waals surface area contributed by atoms with E-state index in [9.17, 15) is 5.11 Å². The summed E-state index contributed by atoms with van der Waals surface area (Å²) in [5.41, 5.74) is 1.03. The van der Waals surface area contributed by atoms with Crippen LogP contribution >= 0.6 is 0 Å². The van der Waals surface area contributed by atoms with Gasteiger partial charge in [-0.25, -0.2) is 0 Å². The Labute approximate surface area is 122 Å². The van der Waals surface area contributed by atoms with E-state index in [0.29, 0.717) is 5.92 Å². The molecule has 0 spiro atoms. The highest BCUT2D eigenvalue weighted by atomic mass is 16.5. The molecule has 1 aromatic rings. The van der Waals surface area contributed by atoms with E-state index >= 15 is 0 Å². The summed E-state index contributed by atoms with van der Waals surface area (Å²) in [5.74, 6) is 0.683. The number of ether oxygens (including phenoxy) is 1. The lowest BCUT2D eigenvalue weighted by atomic mass is 9.93. The smallest absolute Gasteiger partial charge is 0.0945 e. The Morgan fingerprint density at radius 1 is 1.25 bits per heavy atom. The van der Waals surface area contributed by atoms with E-state index in [4.69, 9.17) is 4.74 Å². The van der Waals surface area contributed by atoms with Crippen LogP contribution in [0.4, 0.5) is 0 Å². The van der Waals surface area contributed by atoms with Crippen LogP contribution in [0.15, 0.2) is 30.3 Å². The molecule has 1 aliphatic rings. The molecule has 112 valence electrons. The molecular formula is C17H27NO2. The fourth-order valence-corrected chi connectivity index (χ4v) is 3.24. The molecule has 0 bridgehead atoms. The van der Waals surface area contributed by atoms with Crippen molar-refractivity contribution >= 4 is 0 Å². The lowest BCUT2D eigenvalue weighted by molar-refractivity contribution is 0.0155. The minimum atomic E-state index is -0.389. The average molecular weight is 277 g/mol. The Morgan fingerprint density at radius 2 is 1.90 bits per heavy atom. The third kappa shape index (κ3) is 3.81. The molecular weight excluding hydrogens is 250 g/mol. The van der Waals surface area contributed by atoms with E-state index in [1.54, 1.807) is 7.11 Å². The molecule has 0 saturated carbocycles. The summed E-state index contributed by atoms with van der Waals surface area (Å²) >= 11 is 0. The first-order valence-corrected chi connectivity index (χ1v) is 7.72. The number of nitrogens with zero attached hydrogens (tertiary/aromatic N) is 1. The molecule has 3 heteroatoms. The maximum absolute atomic E-state index is 10.6. The van der Waals surface area contributed by atoms with Gasteiger partial charge in [0.1, 0.15) is 0 Å². The van der Waals surface area contributed by atoms with Gasteiger partial charge < -0.3 is 9.84 Å². The van der Waals surface area contributed by atoms with Crippen LogP contribution in [0.3, 0.4) is 0 Å². The second-order valence-corrected chi connectivity index (χ2v) is 5.77. The van der Waals surface area contributed by atoms with Gasteiger partial charge >= 0.3 is 0 Å². The summed E-state index contributed by atoms with van der Waals surface area (Å²) < 4.78 is 5.25. The SMILES string of the molecule is CCC(C(O)c1ccccc1)N1CCC(COC)CC1. The number of aliphatic hydroxyl groups is 1. The van der Waals surface area contributed by atoms with Gasteiger partial charge in [-0.15, -0.1) is 0 Å². The zero-order valence-electron chi connectivity index (χ0n) is 12.7. The van der Waals surface area contributed by atoms with E-state index in [0.717, 1.165) is 31.7 Å². The Kier molecular flexibility index (Phi) is 6.02. The summed E-state index contributed by atoms with van der Waals surface area (Å²) in [6, 6.07) is 10.2. The third-order valence-electron chi connectivity index (χ3n) is 4.44. The van der Waals surface area contributed by atoms with Gasteiger partial charge in [0.2, 0.25) is 0 Å². The molecule has 20 heavy (non-hydrogen) atoms. The lowest BCUT2D eigenvalue weighted by Crippen LogP contribution is -2.44. The van der Waals surface area contributed by atoms with E-state index < -0.39 is 0 Å². The monoisotopic (exact) mass is 277 g/mol. The predicted octanol–water partition coefficient (Wildman–Crippen LogP) is 2.86. The van der Waals surface area contributed by atoms with Crippen LogP contribution in [-0.2, 0) is 4.74 Å². The number of piperidine rings is 1. The highest BCUT2D eigenvalue weighted by Gasteiger charge is 2.29. The van der Waals surface area contributed by atoms with Crippen molar-refractivity contribution in [1.82, 2.24) is 4.90 Å². The molecule has 2 unspecified atom stereocenters. The maximum Gasteiger partial charge on any atom is 0.0945 e. The molecule has 1 aromatic carbocycles. The van der Waals surface area contributed by atoms with Crippen molar-refractivity contribution in [3.05, 3.63) is 35.9 Å². The van der Waals surface area contributed by atoms with Gasteiger partial charge in [0.25, 0.3) is 0 Å². The van der Waals surface area contributed by atoms with E-state index in [2.05, 4.69) is 11.8 Å². The first-order chi connectivity index (χ1) is 9.76. The zero-order valence-corrected chi connectivity index (χ0v) is 12.7. The molecule has 1 N–H and O–H groups in total. The second-order valence-electron chi connectivity index (χ2n) is 5.77. The fourth-order valence-electron chi connectivity index (χ4n) is 3.24. The van der Waals surface area contributed by atoms with E-state index in [-0.39, 0.29) is 12.1 Å². The predicted molar refractivity (Wildman–Crippen MR) is 81.7 cm³/mol. The van der Waals surface area contributed by atoms with Crippen molar-refractivity contribution < 1.29 is 9.84 Å². The summed E-state index contributed by atoms with van der Waals surface area (Å²) in [5, 5.41) is 10.6. The van der Waals surface area contributed by atoms with Crippen molar-refractivity contribution in [1.29, 1.82) is 0 Å². The first kappa shape index (κ1) is 15.5. The van der Waals surface area contributed by atoms with Crippen molar-refractivity contribution in [3.63, 3.8) is 0 Å². The summed E-state index contributed by atoms with van der Waals surface area (Å²) in [6.45, 7) is 5.16. The molecule has 1 fully saturated rings. The Balaban J connectivity index is 1.95. The quantitative estimate of drug-likeness (QED) is 0.868. The van der Waals surface area contributed by atoms with E-state index in [1.807, 2.05) is 30.3 Å². The van der Waals surface area contributed by atoms with Gasteiger partial charge in [-0.1, -0.05) is 37.3 Å². The largest absolute Gasteiger partial charge is 0.387 e. The van der Waals surface area contributed by atoms with Gasteiger partial charge in [0.15, 0.2) is 0 Å². The summed E-state index contributed by atoms with van der Waals surface area (Å²) in [6.07, 6.45) is 2.93. The van der Waals surface area contributed by atoms with Crippen molar-refractivity contribution in [3.8, 4) is 0 Å². The number of benzene rings is 1. The molecule has 2 atom stereocenters. The average Bonchev–Trinajstić information content (AvgIpc) is 2.51. The van der Waals surface area contributed by atoms with Gasteiger partial charge in [-0.05, 0) is 43.8 Å². The molecule has 1 aliphatic heterocycles. The van der Waals surface area contributed by atoms with Crippen LogP contribution in [0.1, 0.15) is 37.9 Å². The Hall–Kier alpha value is -0.900. The summed E-state index contributed by atoms with van der Waals surface area (Å²) in [4.78, 5) is 2.45. The normalized spacial score (nSPS) is 20.8. The number of hydrogen-bond acceptors (Lipinski definition) is 3. The van der Waals surface area contributed by atoms with Crippen LogP contribution in [0.5, 0.6) is 0 Å². The van der Waals surface area contributed by atoms with Gasteiger partial charge in [-0.3, -0.25) is 4.90 Å². The summed E-state index contributed by atoms with van der Waals surface area (Å²) in [7, 11) is 1.78. The molecule has 1 saturated heterocycles. The number of likely N-dealkylation sites (tertiary alicyclic amines) is 1. The molecule has 1 heterocycles. The lowest BCUT2D eigenvalue weighted by Gasteiger charge is -2.39. The Bertz CT molecular complexity index is 374. The van der Waals surface area contributed by atoms with Crippen molar-refractivity contribution in [2.45, 2.75) is 38.3 Å². The topological polar surface area (TPSA) is 32.7 Å². The number of hydrogen-bond donors (Lipinski definition) is 1. The fraction of sp³-hybridized carbons (Fsp3) is 0.647. The minimum Gasteiger partial charge on any atom is -0.387 e. The third-order valence-corrected chi connectivity index (χ3v) is 4.44. The number of aliphatic hydroxyl groups excluding tert-OH is 1. The minimum absolute atomic E-state index is 0.223. The maximum atomic E-state index is 10.6. The van der Waals surface area contributed by atoms with E-state index in [1.165, 1.54) is 12.8 Å².